The minimum atomic E-state index is -0.180. The predicted molar refractivity (Wildman–Crippen MR) is 96.5 cm³/mol. The molecule has 3 rings (SSSR count). The van der Waals surface area contributed by atoms with E-state index in [0.717, 1.165) is 16.3 Å². The summed E-state index contributed by atoms with van der Waals surface area (Å²) in [7, 11) is 1.69. The van der Waals surface area contributed by atoms with E-state index in [1.165, 1.54) is 11.3 Å². The molecule has 1 aromatic carbocycles. The number of aromatic nitrogens is 3. The van der Waals surface area contributed by atoms with Gasteiger partial charge in [-0.15, -0.1) is 11.3 Å². The summed E-state index contributed by atoms with van der Waals surface area (Å²) in [5, 5.41) is 15.6. The zero-order valence-electron chi connectivity index (χ0n) is 14.0. The number of amides is 1. The molecule has 0 N–H and O–H groups in total. The Bertz CT molecular complexity index is 909. The summed E-state index contributed by atoms with van der Waals surface area (Å²) in [6.07, 6.45) is 3.93. The quantitative estimate of drug-likeness (QED) is 0.706. The lowest BCUT2D eigenvalue weighted by Crippen LogP contribution is -2.35. The topological polar surface area (TPSA) is 74.8 Å². The van der Waals surface area contributed by atoms with Gasteiger partial charge in [-0.2, -0.15) is 10.4 Å². The lowest BCUT2D eigenvalue weighted by atomic mass is 10.2. The van der Waals surface area contributed by atoms with E-state index >= 15 is 0 Å². The number of hydrogen-bond donors (Lipinski definition) is 0. The monoisotopic (exact) mass is 351 g/mol. The van der Waals surface area contributed by atoms with E-state index < -0.39 is 0 Å². The van der Waals surface area contributed by atoms with E-state index in [2.05, 4.69) is 16.2 Å². The van der Waals surface area contributed by atoms with Crippen molar-refractivity contribution in [3.63, 3.8) is 0 Å². The van der Waals surface area contributed by atoms with Gasteiger partial charge in [-0.3, -0.25) is 4.79 Å². The summed E-state index contributed by atoms with van der Waals surface area (Å²) < 4.78 is 1.78. The highest BCUT2D eigenvalue weighted by Gasteiger charge is 2.20. The number of rotatable bonds is 5. The molecule has 0 radical (unpaired) electrons. The Kier molecular flexibility index (Phi) is 4.91. The van der Waals surface area contributed by atoms with Crippen LogP contribution in [0, 0.1) is 11.3 Å². The number of carbonyl (C=O) groups excluding carboxylic acids is 1. The Morgan fingerprint density at radius 2 is 2.16 bits per heavy atom. The first kappa shape index (κ1) is 16.9. The van der Waals surface area contributed by atoms with Crippen molar-refractivity contribution < 1.29 is 4.79 Å². The van der Waals surface area contributed by atoms with Crippen LogP contribution in [-0.4, -0.2) is 38.7 Å². The number of carbonyl (C=O) groups is 1. The van der Waals surface area contributed by atoms with E-state index in [9.17, 15) is 4.79 Å². The third-order valence-corrected chi connectivity index (χ3v) is 4.83. The summed E-state index contributed by atoms with van der Waals surface area (Å²) in [4.78, 5) is 18.5. The van der Waals surface area contributed by atoms with Gasteiger partial charge in [0.15, 0.2) is 0 Å². The smallest absolute Gasteiger partial charge is 0.273 e. The molecule has 0 fully saturated rings. The molecule has 1 atom stereocenters. The second-order valence-corrected chi connectivity index (χ2v) is 6.53. The minimum Gasteiger partial charge on any atom is -0.337 e. The first-order valence-electron chi connectivity index (χ1n) is 7.80. The van der Waals surface area contributed by atoms with E-state index in [1.807, 2.05) is 43.5 Å². The summed E-state index contributed by atoms with van der Waals surface area (Å²) in [6, 6.07) is 11.7. The normalized spacial score (nSPS) is 11.7. The maximum atomic E-state index is 12.5. The van der Waals surface area contributed by atoms with Crippen LogP contribution in [0.25, 0.3) is 16.3 Å². The van der Waals surface area contributed by atoms with Gasteiger partial charge in [0, 0.05) is 30.2 Å². The number of hydrogen-bond acceptors (Lipinski definition) is 5. The molecule has 3 aromatic rings. The largest absolute Gasteiger partial charge is 0.337 e. The highest BCUT2D eigenvalue weighted by atomic mass is 32.1. The van der Waals surface area contributed by atoms with E-state index in [4.69, 9.17) is 5.26 Å². The molecule has 2 aromatic heterocycles. The van der Waals surface area contributed by atoms with Crippen molar-refractivity contribution in [2.45, 2.75) is 19.4 Å². The zero-order valence-corrected chi connectivity index (χ0v) is 14.8. The van der Waals surface area contributed by atoms with Gasteiger partial charge in [0.25, 0.3) is 5.91 Å². The SMILES string of the molecule is CC(CC#N)N(C)C(=O)c1csc(-c2cnn(-c3ccccc3)c2)n1. The van der Waals surface area contributed by atoms with E-state index in [0.29, 0.717) is 12.1 Å². The number of nitrogens with zero attached hydrogens (tertiary/aromatic N) is 5. The van der Waals surface area contributed by atoms with Gasteiger partial charge >= 0.3 is 0 Å². The number of para-hydroxylation sites is 1. The van der Waals surface area contributed by atoms with Crippen LogP contribution in [0.2, 0.25) is 0 Å². The highest BCUT2D eigenvalue weighted by Crippen LogP contribution is 2.25. The minimum absolute atomic E-state index is 0.150. The van der Waals surface area contributed by atoms with Crippen LogP contribution < -0.4 is 0 Å². The Hall–Kier alpha value is -2.98. The van der Waals surface area contributed by atoms with Crippen molar-refractivity contribution in [3.8, 4) is 22.3 Å². The first-order valence-corrected chi connectivity index (χ1v) is 8.68. The van der Waals surface area contributed by atoms with Crippen LogP contribution in [0.3, 0.4) is 0 Å². The molecule has 1 unspecified atom stereocenters. The molecule has 0 aliphatic rings. The lowest BCUT2D eigenvalue weighted by Gasteiger charge is -2.21. The van der Waals surface area contributed by atoms with Crippen molar-refractivity contribution in [1.29, 1.82) is 5.26 Å². The summed E-state index contributed by atoms with van der Waals surface area (Å²) >= 11 is 1.41. The van der Waals surface area contributed by atoms with Crippen LogP contribution in [0.5, 0.6) is 0 Å². The molecule has 7 heteroatoms. The van der Waals surface area contributed by atoms with Gasteiger partial charge in [-0.05, 0) is 19.1 Å². The Labute approximate surface area is 150 Å². The van der Waals surface area contributed by atoms with Crippen LogP contribution in [0.15, 0.2) is 48.1 Å². The molecule has 0 saturated heterocycles. The number of thiazole rings is 1. The molecule has 126 valence electrons. The van der Waals surface area contributed by atoms with E-state index in [1.54, 1.807) is 28.2 Å². The Morgan fingerprint density at radius 1 is 1.40 bits per heavy atom. The second kappa shape index (κ2) is 7.28. The Balaban J connectivity index is 1.79. The summed E-state index contributed by atoms with van der Waals surface area (Å²) in [5.41, 5.74) is 2.21. The average Bonchev–Trinajstić information content (AvgIpc) is 3.30. The summed E-state index contributed by atoms with van der Waals surface area (Å²) in [6.45, 7) is 1.85. The van der Waals surface area contributed by atoms with Gasteiger partial charge in [0.2, 0.25) is 0 Å². The number of nitriles is 1. The van der Waals surface area contributed by atoms with Gasteiger partial charge in [-0.1, -0.05) is 18.2 Å². The molecule has 2 heterocycles. The van der Waals surface area contributed by atoms with Crippen LogP contribution in [0.4, 0.5) is 0 Å². The van der Waals surface area contributed by atoms with Crippen molar-refractivity contribution in [2.24, 2.45) is 0 Å². The molecule has 0 aliphatic heterocycles. The molecule has 6 nitrogen and oxygen atoms in total. The third-order valence-electron chi connectivity index (χ3n) is 3.94. The molecule has 0 bridgehead atoms. The van der Waals surface area contributed by atoms with Crippen LogP contribution in [0.1, 0.15) is 23.8 Å². The lowest BCUT2D eigenvalue weighted by molar-refractivity contribution is 0.0741. The fourth-order valence-electron chi connectivity index (χ4n) is 2.31. The van der Waals surface area contributed by atoms with Crippen molar-refractivity contribution in [2.75, 3.05) is 7.05 Å². The molecule has 25 heavy (non-hydrogen) atoms. The molecule has 0 aliphatic carbocycles. The fourth-order valence-corrected chi connectivity index (χ4v) is 3.08. The van der Waals surface area contributed by atoms with Gasteiger partial charge < -0.3 is 4.90 Å². The molecule has 0 spiro atoms. The number of benzene rings is 1. The first-order chi connectivity index (χ1) is 12.1. The van der Waals surface area contributed by atoms with Gasteiger partial charge in [0.1, 0.15) is 10.7 Å². The third kappa shape index (κ3) is 3.59. The fraction of sp³-hybridized carbons (Fsp3) is 0.222. The summed E-state index contributed by atoms with van der Waals surface area (Å²) in [5.74, 6) is -0.180. The second-order valence-electron chi connectivity index (χ2n) is 5.67. The van der Waals surface area contributed by atoms with Crippen LogP contribution >= 0.6 is 11.3 Å². The maximum absolute atomic E-state index is 12.5. The van der Waals surface area contributed by atoms with Crippen molar-refractivity contribution in [3.05, 3.63) is 53.8 Å². The standard InChI is InChI=1S/C18H17N5OS/c1-13(8-9-19)22(2)18(24)16-12-25-17(21-16)14-10-20-23(11-14)15-6-4-3-5-7-15/h3-7,10-13H,8H2,1-2H3. The predicted octanol–water partition coefficient (Wildman–Crippen LogP) is 3.37. The molecular weight excluding hydrogens is 334 g/mol. The van der Waals surface area contributed by atoms with Crippen molar-refractivity contribution >= 4 is 17.2 Å². The molecule has 1 amide bonds. The van der Waals surface area contributed by atoms with Gasteiger partial charge in [-0.25, -0.2) is 9.67 Å². The van der Waals surface area contributed by atoms with Crippen molar-refractivity contribution in [1.82, 2.24) is 19.7 Å². The van der Waals surface area contributed by atoms with Crippen LogP contribution in [-0.2, 0) is 0 Å². The zero-order chi connectivity index (χ0) is 17.8. The average molecular weight is 351 g/mol. The molecular formula is C18H17N5OS. The maximum Gasteiger partial charge on any atom is 0.273 e. The van der Waals surface area contributed by atoms with Gasteiger partial charge in [0.05, 0.1) is 24.4 Å². The highest BCUT2D eigenvalue weighted by molar-refractivity contribution is 7.13. The van der Waals surface area contributed by atoms with E-state index in [-0.39, 0.29) is 11.9 Å². The molecule has 0 saturated carbocycles. The Morgan fingerprint density at radius 3 is 2.88 bits per heavy atom.